The fraction of sp³-hybridized carbons (Fsp3) is 0.391. The van der Waals surface area contributed by atoms with Gasteiger partial charge in [0.15, 0.2) is 12.4 Å². The molecule has 1 unspecified atom stereocenters. The number of hydrogen-bond acceptors (Lipinski definition) is 4. The number of Topliss-reactive ketones (excluding diaryl/α,β-unsaturated/α-hetero) is 1. The van der Waals surface area contributed by atoms with Crippen molar-refractivity contribution in [2.75, 3.05) is 37.7 Å². The smallest absolute Gasteiger partial charge is 0.422 e. The lowest BCUT2D eigenvalue weighted by atomic mass is 10.1. The molecule has 0 saturated carbocycles. The Labute approximate surface area is 189 Å². The van der Waals surface area contributed by atoms with Gasteiger partial charge in [0.25, 0.3) is 0 Å². The van der Waals surface area contributed by atoms with Gasteiger partial charge >= 0.3 is 12.2 Å². The lowest BCUT2D eigenvalue weighted by molar-refractivity contribution is -0.153. The first kappa shape index (κ1) is 24.3. The molecule has 0 spiro atoms. The number of piperazine rings is 1. The van der Waals surface area contributed by atoms with Crippen LogP contribution in [0.2, 0.25) is 0 Å². The minimum atomic E-state index is -4.41. The van der Waals surface area contributed by atoms with Gasteiger partial charge in [-0.25, -0.2) is 9.18 Å². The summed E-state index contributed by atoms with van der Waals surface area (Å²) in [4.78, 5) is 27.5. The van der Waals surface area contributed by atoms with E-state index in [4.69, 9.17) is 0 Å². The predicted molar refractivity (Wildman–Crippen MR) is 115 cm³/mol. The second-order valence-electron chi connectivity index (χ2n) is 7.84. The molecule has 2 aromatic rings. The zero-order valence-electron chi connectivity index (χ0n) is 18.3. The SMILES string of the molecule is CC(=O)c1ccc(N2CCN(C(=O)NC(C)c3ccc(OCC(F)(F)F)cc3)CC2)c(F)c1. The summed E-state index contributed by atoms with van der Waals surface area (Å²) in [7, 11) is 0. The number of benzene rings is 2. The van der Waals surface area contributed by atoms with Crippen LogP contribution in [0, 0.1) is 5.82 Å². The number of anilines is 1. The maximum atomic E-state index is 14.4. The molecule has 1 N–H and O–H groups in total. The summed E-state index contributed by atoms with van der Waals surface area (Å²) in [5.41, 5.74) is 1.42. The zero-order valence-corrected chi connectivity index (χ0v) is 18.3. The van der Waals surface area contributed by atoms with Crippen LogP contribution in [0.25, 0.3) is 0 Å². The summed E-state index contributed by atoms with van der Waals surface area (Å²) in [5, 5.41) is 2.86. The number of nitrogens with zero attached hydrogens (tertiary/aromatic N) is 2. The molecule has 2 aromatic carbocycles. The number of urea groups is 1. The van der Waals surface area contributed by atoms with Crippen molar-refractivity contribution in [1.29, 1.82) is 0 Å². The van der Waals surface area contributed by atoms with E-state index in [1.165, 1.54) is 25.1 Å². The number of ether oxygens (including phenoxy) is 1. The molecule has 3 rings (SSSR count). The first-order chi connectivity index (χ1) is 15.5. The zero-order chi connectivity index (χ0) is 24.2. The predicted octanol–water partition coefficient (Wildman–Crippen LogP) is 4.56. The monoisotopic (exact) mass is 467 g/mol. The third kappa shape index (κ3) is 6.59. The summed E-state index contributed by atoms with van der Waals surface area (Å²) in [6, 6.07) is 9.77. The van der Waals surface area contributed by atoms with Gasteiger partial charge in [0.1, 0.15) is 11.6 Å². The largest absolute Gasteiger partial charge is 0.484 e. The van der Waals surface area contributed by atoms with Gasteiger partial charge in [-0.2, -0.15) is 13.2 Å². The summed E-state index contributed by atoms with van der Waals surface area (Å²) in [6.07, 6.45) is -4.41. The molecule has 0 aromatic heterocycles. The van der Waals surface area contributed by atoms with Crippen molar-refractivity contribution < 1.29 is 31.9 Å². The van der Waals surface area contributed by atoms with Crippen LogP contribution in [0.5, 0.6) is 5.75 Å². The van der Waals surface area contributed by atoms with E-state index in [0.29, 0.717) is 43.0 Å². The quantitative estimate of drug-likeness (QED) is 0.500. The van der Waals surface area contributed by atoms with Gasteiger partial charge in [-0.15, -0.1) is 0 Å². The van der Waals surface area contributed by atoms with Gasteiger partial charge in [0.2, 0.25) is 0 Å². The molecule has 1 atom stereocenters. The van der Waals surface area contributed by atoms with Crippen LogP contribution >= 0.6 is 0 Å². The molecule has 0 radical (unpaired) electrons. The first-order valence-electron chi connectivity index (χ1n) is 10.4. The Balaban J connectivity index is 1.51. The molecule has 0 bridgehead atoms. The topological polar surface area (TPSA) is 61.9 Å². The number of halogens is 4. The van der Waals surface area contributed by atoms with E-state index < -0.39 is 18.6 Å². The van der Waals surface area contributed by atoms with Gasteiger partial charge in [-0.1, -0.05) is 12.1 Å². The van der Waals surface area contributed by atoms with Gasteiger partial charge in [0.05, 0.1) is 11.7 Å². The Bertz CT molecular complexity index is 987. The summed E-state index contributed by atoms with van der Waals surface area (Å²) in [5.74, 6) is -0.592. The van der Waals surface area contributed by atoms with Gasteiger partial charge < -0.3 is 19.9 Å². The number of hydrogen-bond donors (Lipinski definition) is 1. The highest BCUT2D eigenvalue weighted by molar-refractivity contribution is 5.94. The van der Waals surface area contributed by atoms with E-state index in [1.807, 2.05) is 4.90 Å². The Morgan fingerprint density at radius 1 is 1.06 bits per heavy atom. The van der Waals surface area contributed by atoms with E-state index in [-0.39, 0.29) is 23.6 Å². The number of carbonyl (C=O) groups excluding carboxylic acids is 2. The maximum Gasteiger partial charge on any atom is 0.422 e. The summed E-state index contributed by atoms with van der Waals surface area (Å²) < 4.78 is 55.8. The van der Waals surface area contributed by atoms with Crippen molar-refractivity contribution in [3.05, 3.63) is 59.4 Å². The highest BCUT2D eigenvalue weighted by Gasteiger charge is 2.28. The molecule has 1 heterocycles. The highest BCUT2D eigenvalue weighted by Crippen LogP contribution is 2.23. The second kappa shape index (κ2) is 10.1. The van der Waals surface area contributed by atoms with Crippen molar-refractivity contribution in [3.8, 4) is 5.75 Å². The molecule has 33 heavy (non-hydrogen) atoms. The number of nitrogens with one attached hydrogen (secondary N) is 1. The average Bonchev–Trinajstić information content (AvgIpc) is 2.77. The third-order valence-electron chi connectivity index (χ3n) is 5.38. The Morgan fingerprint density at radius 2 is 1.70 bits per heavy atom. The lowest BCUT2D eigenvalue weighted by Gasteiger charge is -2.36. The minimum Gasteiger partial charge on any atom is -0.484 e. The Kier molecular flexibility index (Phi) is 7.45. The molecular weight excluding hydrogens is 442 g/mol. The molecule has 0 aliphatic carbocycles. The van der Waals surface area contributed by atoms with Crippen molar-refractivity contribution in [2.45, 2.75) is 26.1 Å². The van der Waals surface area contributed by atoms with E-state index in [0.717, 1.165) is 0 Å². The number of amides is 2. The maximum absolute atomic E-state index is 14.4. The van der Waals surface area contributed by atoms with E-state index in [1.54, 1.807) is 36.1 Å². The van der Waals surface area contributed by atoms with E-state index in [9.17, 15) is 27.2 Å². The number of ketones is 1. The number of carbonyl (C=O) groups is 2. The molecule has 2 amide bonds. The fourth-order valence-electron chi connectivity index (χ4n) is 3.51. The molecule has 1 saturated heterocycles. The molecule has 178 valence electrons. The van der Waals surface area contributed by atoms with Crippen molar-refractivity contribution >= 4 is 17.5 Å². The minimum absolute atomic E-state index is 0.0919. The molecule has 10 heteroatoms. The van der Waals surface area contributed by atoms with Crippen LogP contribution in [-0.2, 0) is 0 Å². The molecule has 1 fully saturated rings. The molecule has 1 aliphatic heterocycles. The Hall–Kier alpha value is -3.30. The van der Waals surface area contributed by atoms with Crippen LogP contribution in [0.15, 0.2) is 42.5 Å². The van der Waals surface area contributed by atoms with Crippen LogP contribution in [0.4, 0.5) is 28.0 Å². The normalized spacial score (nSPS) is 15.2. The standard InChI is InChI=1S/C23H25F4N3O3/c1-15(17-3-6-19(7-4-17)33-14-23(25,26)27)28-22(32)30-11-9-29(10-12-30)21-8-5-18(16(2)31)13-20(21)24/h3-8,13,15H,9-12,14H2,1-2H3,(H,28,32). The van der Waals surface area contributed by atoms with Crippen LogP contribution < -0.4 is 15.0 Å². The fourth-order valence-corrected chi connectivity index (χ4v) is 3.51. The van der Waals surface area contributed by atoms with Gasteiger partial charge in [-0.3, -0.25) is 4.79 Å². The van der Waals surface area contributed by atoms with Gasteiger partial charge in [-0.05, 0) is 49.7 Å². The summed E-state index contributed by atoms with van der Waals surface area (Å²) >= 11 is 0. The second-order valence-corrected chi connectivity index (χ2v) is 7.84. The van der Waals surface area contributed by atoms with E-state index >= 15 is 0 Å². The Morgan fingerprint density at radius 3 is 2.24 bits per heavy atom. The van der Waals surface area contributed by atoms with Crippen molar-refractivity contribution in [2.24, 2.45) is 0 Å². The first-order valence-corrected chi connectivity index (χ1v) is 10.4. The third-order valence-corrected chi connectivity index (χ3v) is 5.38. The molecule has 1 aliphatic rings. The summed E-state index contributed by atoms with van der Waals surface area (Å²) in [6.45, 7) is 3.42. The van der Waals surface area contributed by atoms with Crippen LogP contribution in [-0.4, -0.2) is 55.7 Å². The molecule has 6 nitrogen and oxygen atoms in total. The lowest BCUT2D eigenvalue weighted by Crippen LogP contribution is -2.52. The molecular formula is C23H25F4N3O3. The highest BCUT2D eigenvalue weighted by atomic mass is 19.4. The number of alkyl halides is 3. The van der Waals surface area contributed by atoms with E-state index in [2.05, 4.69) is 10.1 Å². The van der Waals surface area contributed by atoms with Crippen molar-refractivity contribution in [3.63, 3.8) is 0 Å². The van der Waals surface area contributed by atoms with Gasteiger partial charge in [0, 0.05) is 31.7 Å². The van der Waals surface area contributed by atoms with Crippen molar-refractivity contribution in [1.82, 2.24) is 10.2 Å². The number of rotatable bonds is 6. The van der Waals surface area contributed by atoms with Crippen LogP contribution in [0.3, 0.4) is 0 Å². The average molecular weight is 467 g/mol. The van der Waals surface area contributed by atoms with Crippen LogP contribution in [0.1, 0.15) is 35.8 Å².